The SMILES string of the molecule is C=C[C@@H](O)c1ccc(C[C@@H](O)[C@H](O)CCCCCCC)cc1. The molecule has 0 unspecified atom stereocenters. The standard InChI is InChI=1S/C19H30O3/c1-3-5-6-7-8-9-18(21)19(22)14-15-10-12-16(13-11-15)17(20)4-2/h4,10-13,17-22H,2-3,5-9,14H2,1H3/t17-,18-,19-/m1/s1. The largest absolute Gasteiger partial charge is 0.390 e. The van der Waals surface area contributed by atoms with Gasteiger partial charge in [-0.1, -0.05) is 69.4 Å². The first-order valence-electron chi connectivity index (χ1n) is 8.34. The normalized spacial score (nSPS) is 15.3. The minimum absolute atomic E-state index is 0.431. The van der Waals surface area contributed by atoms with Gasteiger partial charge in [0.2, 0.25) is 0 Å². The molecule has 3 N–H and O–H groups in total. The summed E-state index contributed by atoms with van der Waals surface area (Å²) in [5.74, 6) is 0. The van der Waals surface area contributed by atoms with Gasteiger partial charge in [-0.25, -0.2) is 0 Å². The van der Waals surface area contributed by atoms with Crippen molar-refractivity contribution < 1.29 is 15.3 Å². The van der Waals surface area contributed by atoms with E-state index in [0.717, 1.165) is 24.0 Å². The number of aliphatic hydroxyl groups is 3. The van der Waals surface area contributed by atoms with E-state index in [9.17, 15) is 15.3 Å². The zero-order chi connectivity index (χ0) is 16.4. The summed E-state index contributed by atoms with van der Waals surface area (Å²) in [7, 11) is 0. The fourth-order valence-corrected chi connectivity index (χ4v) is 2.51. The van der Waals surface area contributed by atoms with Crippen LogP contribution in [-0.2, 0) is 6.42 Å². The topological polar surface area (TPSA) is 60.7 Å². The first kappa shape index (κ1) is 18.9. The van der Waals surface area contributed by atoms with Crippen LogP contribution in [0, 0.1) is 0 Å². The quantitative estimate of drug-likeness (QED) is 0.433. The Bertz CT molecular complexity index is 413. The van der Waals surface area contributed by atoms with E-state index in [2.05, 4.69) is 13.5 Å². The molecule has 1 rings (SSSR count). The number of hydrogen-bond acceptors (Lipinski definition) is 3. The van der Waals surface area contributed by atoms with Crippen molar-refractivity contribution in [1.82, 2.24) is 0 Å². The zero-order valence-electron chi connectivity index (χ0n) is 13.6. The Balaban J connectivity index is 2.36. The molecule has 0 fully saturated rings. The molecule has 0 saturated heterocycles. The number of rotatable bonds is 11. The van der Waals surface area contributed by atoms with Crippen molar-refractivity contribution in [3.05, 3.63) is 48.0 Å². The zero-order valence-corrected chi connectivity index (χ0v) is 13.6. The van der Waals surface area contributed by atoms with Crippen molar-refractivity contribution in [2.75, 3.05) is 0 Å². The van der Waals surface area contributed by atoms with Gasteiger partial charge in [0, 0.05) is 6.42 Å². The molecule has 0 radical (unpaired) electrons. The van der Waals surface area contributed by atoms with E-state index < -0.39 is 18.3 Å². The highest BCUT2D eigenvalue weighted by Crippen LogP contribution is 2.17. The number of benzene rings is 1. The molecular weight excluding hydrogens is 276 g/mol. The van der Waals surface area contributed by atoms with Gasteiger partial charge >= 0.3 is 0 Å². The maximum Gasteiger partial charge on any atom is 0.0969 e. The van der Waals surface area contributed by atoms with Crippen LogP contribution in [0.3, 0.4) is 0 Å². The molecule has 124 valence electrons. The molecule has 0 aliphatic heterocycles. The Hall–Kier alpha value is -1.16. The molecular formula is C19H30O3. The first-order valence-corrected chi connectivity index (χ1v) is 8.34. The third-order valence-corrected chi connectivity index (χ3v) is 4.04. The van der Waals surface area contributed by atoms with Gasteiger partial charge in [0.25, 0.3) is 0 Å². The van der Waals surface area contributed by atoms with E-state index in [1.54, 1.807) is 0 Å². The summed E-state index contributed by atoms with van der Waals surface area (Å²) >= 11 is 0. The van der Waals surface area contributed by atoms with Gasteiger partial charge in [-0.2, -0.15) is 0 Å². The molecule has 0 aliphatic rings. The fourth-order valence-electron chi connectivity index (χ4n) is 2.51. The summed E-state index contributed by atoms with van der Waals surface area (Å²) < 4.78 is 0. The molecule has 1 aromatic rings. The lowest BCUT2D eigenvalue weighted by atomic mass is 9.98. The van der Waals surface area contributed by atoms with E-state index >= 15 is 0 Å². The molecule has 0 spiro atoms. The molecule has 3 nitrogen and oxygen atoms in total. The lowest BCUT2D eigenvalue weighted by Crippen LogP contribution is -2.27. The Morgan fingerprint density at radius 1 is 0.955 bits per heavy atom. The van der Waals surface area contributed by atoms with Crippen LogP contribution in [0.25, 0.3) is 0 Å². The van der Waals surface area contributed by atoms with Crippen LogP contribution in [0.15, 0.2) is 36.9 Å². The van der Waals surface area contributed by atoms with Gasteiger partial charge in [0.1, 0.15) is 0 Å². The monoisotopic (exact) mass is 306 g/mol. The predicted octanol–water partition coefficient (Wildman–Crippen LogP) is 3.53. The van der Waals surface area contributed by atoms with Crippen molar-refractivity contribution in [3.8, 4) is 0 Å². The molecule has 0 amide bonds. The van der Waals surface area contributed by atoms with E-state index in [0.29, 0.717) is 12.8 Å². The van der Waals surface area contributed by atoms with Crippen molar-refractivity contribution in [2.24, 2.45) is 0 Å². The molecule has 1 aromatic carbocycles. The second-order valence-electron chi connectivity index (χ2n) is 5.96. The van der Waals surface area contributed by atoms with Crippen LogP contribution in [0.5, 0.6) is 0 Å². The van der Waals surface area contributed by atoms with Crippen molar-refractivity contribution in [3.63, 3.8) is 0 Å². The molecule has 0 aliphatic carbocycles. The Labute approximate surface area is 134 Å². The van der Waals surface area contributed by atoms with Gasteiger partial charge in [0.15, 0.2) is 0 Å². The van der Waals surface area contributed by atoms with E-state index in [1.807, 2.05) is 24.3 Å². The Kier molecular flexibility index (Phi) is 9.05. The summed E-state index contributed by atoms with van der Waals surface area (Å²) in [5.41, 5.74) is 1.74. The van der Waals surface area contributed by atoms with Crippen LogP contribution < -0.4 is 0 Å². The minimum Gasteiger partial charge on any atom is -0.390 e. The smallest absolute Gasteiger partial charge is 0.0969 e. The average Bonchev–Trinajstić information content (AvgIpc) is 2.54. The lowest BCUT2D eigenvalue weighted by Gasteiger charge is -2.18. The Morgan fingerprint density at radius 2 is 1.59 bits per heavy atom. The van der Waals surface area contributed by atoms with Crippen molar-refractivity contribution in [1.29, 1.82) is 0 Å². The van der Waals surface area contributed by atoms with Crippen LogP contribution >= 0.6 is 0 Å². The van der Waals surface area contributed by atoms with Gasteiger partial charge < -0.3 is 15.3 Å². The Morgan fingerprint density at radius 3 is 2.18 bits per heavy atom. The van der Waals surface area contributed by atoms with Crippen LogP contribution in [0.2, 0.25) is 0 Å². The summed E-state index contributed by atoms with van der Waals surface area (Å²) in [6.45, 7) is 5.73. The summed E-state index contributed by atoms with van der Waals surface area (Å²) in [4.78, 5) is 0. The highest BCUT2D eigenvalue weighted by molar-refractivity contribution is 5.26. The van der Waals surface area contributed by atoms with E-state index in [-0.39, 0.29) is 0 Å². The highest BCUT2D eigenvalue weighted by atomic mass is 16.3. The van der Waals surface area contributed by atoms with Crippen LogP contribution in [0.4, 0.5) is 0 Å². The van der Waals surface area contributed by atoms with Gasteiger partial charge in [-0.3, -0.25) is 0 Å². The predicted molar refractivity (Wildman–Crippen MR) is 90.7 cm³/mol. The summed E-state index contributed by atoms with van der Waals surface area (Å²) in [6, 6.07) is 7.40. The van der Waals surface area contributed by atoms with Gasteiger partial charge in [-0.15, -0.1) is 6.58 Å². The van der Waals surface area contributed by atoms with Gasteiger partial charge in [0.05, 0.1) is 18.3 Å². The van der Waals surface area contributed by atoms with Crippen LogP contribution in [0.1, 0.15) is 62.7 Å². The molecule has 22 heavy (non-hydrogen) atoms. The average molecular weight is 306 g/mol. The second kappa shape index (κ2) is 10.5. The lowest BCUT2D eigenvalue weighted by molar-refractivity contribution is 0.0137. The maximum absolute atomic E-state index is 10.1. The third-order valence-electron chi connectivity index (χ3n) is 4.04. The second-order valence-corrected chi connectivity index (χ2v) is 5.96. The van der Waals surface area contributed by atoms with Gasteiger partial charge in [-0.05, 0) is 17.5 Å². The van der Waals surface area contributed by atoms with Crippen molar-refractivity contribution >= 4 is 0 Å². The van der Waals surface area contributed by atoms with Crippen LogP contribution in [-0.4, -0.2) is 27.5 Å². The fraction of sp³-hybridized carbons (Fsp3) is 0.579. The molecule has 0 saturated carbocycles. The number of hydrogen-bond donors (Lipinski definition) is 3. The summed E-state index contributed by atoms with van der Waals surface area (Å²) in [5, 5.41) is 29.7. The number of aliphatic hydroxyl groups excluding tert-OH is 3. The molecule has 3 heteroatoms. The molecule has 0 bridgehead atoms. The third kappa shape index (κ3) is 6.73. The summed E-state index contributed by atoms with van der Waals surface area (Å²) in [6.07, 6.45) is 6.23. The first-order chi connectivity index (χ1) is 10.6. The molecule has 3 atom stereocenters. The minimum atomic E-state index is -0.735. The van der Waals surface area contributed by atoms with E-state index in [1.165, 1.54) is 25.3 Å². The van der Waals surface area contributed by atoms with E-state index in [4.69, 9.17) is 0 Å². The maximum atomic E-state index is 10.1. The molecule has 0 heterocycles. The highest BCUT2D eigenvalue weighted by Gasteiger charge is 2.16. The molecule has 0 aromatic heterocycles. The number of unbranched alkanes of at least 4 members (excludes halogenated alkanes) is 4. The van der Waals surface area contributed by atoms with Crippen molar-refractivity contribution in [2.45, 2.75) is 70.2 Å².